The van der Waals surface area contributed by atoms with E-state index in [9.17, 15) is 8.42 Å². The topological polar surface area (TPSA) is 108 Å². The van der Waals surface area contributed by atoms with Crippen LogP contribution in [0.25, 0.3) is 0 Å². The molecule has 0 aliphatic rings. The largest absolute Gasteiger partial charge is 0.465 e. The highest BCUT2D eigenvalue weighted by atomic mass is 32.2. The highest BCUT2D eigenvalue weighted by molar-refractivity contribution is 7.89. The van der Waals surface area contributed by atoms with Crippen molar-refractivity contribution in [3.8, 4) is 0 Å². The third-order valence-electron chi connectivity index (χ3n) is 2.68. The molecule has 0 amide bonds. The maximum atomic E-state index is 12.1. The van der Waals surface area contributed by atoms with Crippen LogP contribution in [0.1, 0.15) is 22.8 Å². The fourth-order valence-electron chi connectivity index (χ4n) is 1.65. The van der Waals surface area contributed by atoms with Gasteiger partial charge in [0.05, 0.1) is 13.2 Å². The van der Waals surface area contributed by atoms with Crippen LogP contribution in [0.4, 0.5) is 0 Å². The van der Waals surface area contributed by atoms with E-state index in [2.05, 4.69) is 14.9 Å². The zero-order valence-corrected chi connectivity index (χ0v) is 11.4. The van der Waals surface area contributed by atoms with Gasteiger partial charge in [0.25, 0.3) is 10.0 Å². The van der Waals surface area contributed by atoms with Gasteiger partial charge < -0.3 is 9.52 Å². The summed E-state index contributed by atoms with van der Waals surface area (Å²) in [5, 5.41) is 15.2. The van der Waals surface area contributed by atoms with Crippen LogP contribution >= 0.6 is 0 Å². The summed E-state index contributed by atoms with van der Waals surface area (Å²) in [5.41, 5.74) is 0.792. The maximum Gasteiger partial charge on any atom is 0.260 e. The summed E-state index contributed by atoms with van der Waals surface area (Å²) in [5.74, 6) is 1.22. The van der Waals surface area contributed by atoms with Crippen molar-refractivity contribution in [2.24, 2.45) is 0 Å². The first kappa shape index (κ1) is 13.8. The average molecular weight is 285 g/mol. The van der Waals surface area contributed by atoms with Crippen molar-refractivity contribution in [1.82, 2.24) is 14.9 Å². The predicted molar refractivity (Wildman–Crippen MR) is 66.7 cm³/mol. The van der Waals surface area contributed by atoms with Crippen LogP contribution < -0.4 is 4.72 Å². The quantitative estimate of drug-likeness (QED) is 0.745. The molecule has 2 heterocycles. The minimum atomic E-state index is -3.78. The number of aromatic nitrogens is 2. The van der Waals surface area contributed by atoms with E-state index in [4.69, 9.17) is 9.52 Å². The van der Waals surface area contributed by atoms with Crippen molar-refractivity contribution in [2.45, 2.75) is 32.0 Å². The number of hydrogen-bond donors (Lipinski definition) is 3. The van der Waals surface area contributed by atoms with Crippen LogP contribution in [-0.2, 0) is 23.2 Å². The van der Waals surface area contributed by atoms with Crippen molar-refractivity contribution in [3.05, 3.63) is 34.9 Å². The molecule has 2 aromatic heterocycles. The molecule has 0 aliphatic carbocycles. The van der Waals surface area contributed by atoms with Gasteiger partial charge in [-0.1, -0.05) is 0 Å². The van der Waals surface area contributed by atoms with Gasteiger partial charge in [-0.25, -0.2) is 13.1 Å². The molecule has 19 heavy (non-hydrogen) atoms. The number of nitrogens with zero attached hydrogens (tertiary/aromatic N) is 1. The van der Waals surface area contributed by atoms with Crippen molar-refractivity contribution in [3.63, 3.8) is 0 Å². The summed E-state index contributed by atoms with van der Waals surface area (Å²) < 4.78 is 31.8. The summed E-state index contributed by atoms with van der Waals surface area (Å²) in [6, 6.07) is 3.45. The molecular formula is C11H15N3O4S. The monoisotopic (exact) mass is 285 g/mol. The van der Waals surface area contributed by atoms with E-state index in [1.54, 1.807) is 26.0 Å². The van der Waals surface area contributed by atoms with Crippen LogP contribution in [0.2, 0.25) is 0 Å². The molecule has 2 aromatic rings. The number of aliphatic hydroxyl groups excluding tert-OH is 1. The lowest BCUT2D eigenvalue weighted by atomic mass is 10.3. The minimum Gasteiger partial charge on any atom is -0.465 e. The van der Waals surface area contributed by atoms with Gasteiger partial charge in [0.2, 0.25) is 0 Å². The first-order valence-electron chi connectivity index (χ1n) is 5.63. The number of aromatic amines is 1. The normalized spacial score (nSPS) is 11.9. The van der Waals surface area contributed by atoms with E-state index in [-0.39, 0.29) is 17.1 Å². The molecule has 0 radical (unpaired) electrons. The van der Waals surface area contributed by atoms with Gasteiger partial charge in [-0.05, 0) is 26.0 Å². The molecule has 104 valence electrons. The standard InChI is InChI=1S/C11H15N3O4S/c1-7-3-4-9(18-7)5-12-19(16,17)11-10(6-15)8(2)13-14-11/h3-4,12,15H,5-6H2,1-2H3,(H,13,14). The maximum absolute atomic E-state index is 12.1. The average Bonchev–Trinajstić information content (AvgIpc) is 2.93. The van der Waals surface area contributed by atoms with Crippen molar-refractivity contribution in [2.75, 3.05) is 0 Å². The Morgan fingerprint density at radius 3 is 2.74 bits per heavy atom. The number of hydrogen-bond acceptors (Lipinski definition) is 5. The van der Waals surface area contributed by atoms with Crippen LogP contribution in [0.5, 0.6) is 0 Å². The van der Waals surface area contributed by atoms with Gasteiger partial charge in [0, 0.05) is 11.3 Å². The molecule has 0 spiro atoms. The zero-order chi connectivity index (χ0) is 14.0. The highest BCUT2D eigenvalue weighted by Crippen LogP contribution is 2.16. The Morgan fingerprint density at radius 2 is 2.16 bits per heavy atom. The lowest BCUT2D eigenvalue weighted by Crippen LogP contribution is -2.24. The molecule has 0 saturated heterocycles. The molecule has 8 heteroatoms. The molecule has 0 aliphatic heterocycles. The third-order valence-corrected chi connectivity index (χ3v) is 4.05. The van der Waals surface area contributed by atoms with Crippen LogP contribution in [0, 0.1) is 13.8 Å². The Hall–Kier alpha value is -1.64. The fraction of sp³-hybridized carbons (Fsp3) is 0.364. The lowest BCUT2D eigenvalue weighted by Gasteiger charge is -2.04. The summed E-state index contributed by atoms with van der Waals surface area (Å²) >= 11 is 0. The van der Waals surface area contributed by atoms with E-state index in [0.717, 1.165) is 0 Å². The minimum absolute atomic E-state index is 0.0347. The predicted octanol–water partition coefficient (Wildman–Crippen LogP) is 0.590. The second-order valence-electron chi connectivity index (χ2n) is 4.13. The zero-order valence-electron chi connectivity index (χ0n) is 10.6. The van der Waals surface area contributed by atoms with Gasteiger partial charge in [-0.3, -0.25) is 5.10 Å². The Labute approximate surface area is 110 Å². The van der Waals surface area contributed by atoms with Crippen LogP contribution in [0.3, 0.4) is 0 Å². The molecule has 0 atom stereocenters. The molecule has 0 unspecified atom stereocenters. The summed E-state index contributed by atoms with van der Waals surface area (Å²) in [6.45, 7) is 3.07. The number of rotatable bonds is 5. The van der Waals surface area contributed by atoms with E-state index < -0.39 is 16.6 Å². The SMILES string of the molecule is Cc1ccc(CNS(=O)(=O)c2n[nH]c(C)c2CO)o1. The van der Waals surface area contributed by atoms with E-state index in [1.807, 2.05) is 0 Å². The van der Waals surface area contributed by atoms with E-state index in [1.165, 1.54) is 0 Å². The molecular weight excluding hydrogens is 270 g/mol. The van der Waals surface area contributed by atoms with E-state index in [0.29, 0.717) is 17.2 Å². The van der Waals surface area contributed by atoms with Crippen LogP contribution in [0.15, 0.2) is 21.6 Å². The number of sulfonamides is 1. The molecule has 0 saturated carbocycles. The summed E-state index contributed by atoms with van der Waals surface area (Å²) in [4.78, 5) is 0. The summed E-state index contributed by atoms with van der Waals surface area (Å²) in [6.07, 6.45) is 0. The number of aryl methyl sites for hydroxylation is 2. The Bertz CT molecular complexity index is 672. The van der Waals surface area contributed by atoms with Gasteiger partial charge >= 0.3 is 0 Å². The second kappa shape index (κ2) is 5.16. The molecule has 7 nitrogen and oxygen atoms in total. The molecule has 0 aromatic carbocycles. The summed E-state index contributed by atoms with van der Waals surface area (Å²) in [7, 11) is -3.78. The number of furan rings is 1. The first-order valence-corrected chi connectivity index (χ1v) is 7.12. The lowest BCUT2D eigenvalue weighted by molar-refractivity contribution is 0.277. The van der Waals surface area contributed by atoms with E-state index >= 15 is 0 Å². The Morgan fingerprint density at radius 1 is 1.42 bits per heavy atom. The van der Waals surface area contributed by atoms with Gasteiger partial charge in [-0.2, -0.15) is 5.10 Å². The number of H-pyrrole nitrogens is 1. The van der Waals surface area contributed by atoms with Gasteiger partial charge in [0.1, 0.15) is 11.5 Å². The first-order chi connectivity index (χ1) is 8.94. The number of nitrogens with one attached hydrogen (secondary N) is 2. The van der Waals surface area contributed by atoms with Crippen molar-refractivity contribution >= 4 is 10.0 Å². The molecule has 2 rings (SSSR count). The van der Waals surface area contributed by atoms with Crippen LogP contribution in [-0.4, -0.2) is 23.7 Å². The molecule has 0 fully saturated rings. The van der Waals surface area contributed by atoms with Crippen molar-refractivity contribution < 1.29 is 17.9 Å². The van der Waals surface area contributed by atoms with Crippen molar-refractivity contribution in [1.29, 1.82) is 0 Å². The highest BCUT2D eigenvalue weighted by Gasteiger charge is 2.23. The Balaban J connectivity index is 2.18. The second-order valence-corrected chi connectivity index (χ2v) is 5.81. The smallest absolute Gasteiger partial charge is 0.260 e. The third kappa shape index (κ3) is 2.86. The fourth-order valence-corrected chi connectivity index (χ4v) is 2.83. The Kier molecular flexibility index (Phi) is 3.74. The van der Waals surface area contributed by atoms with Gasteiger partial charge in [-0.15, -0.1) is 0 Å². The van der Waals surface area contributed by atoms with Gasteiger partial charge in [0.15, 0.2) is 5.03 Å². The molecule has 3 N–H and O–H groups in total. The molecule has 0 bridgehead atoms. The number of aliphatic hydroxyl groups is 1.